The van der Waals surface area contributed by atoms with E-state index in [9.17, 15) is 23.1 Å². The van der Waals surface area contributed by atoms with Crippen molar-refractivity contribution in [1.82, 2.24) is 4.90 Å². The quantitative estimate of drug-likeness (QED) is 0.907. The molecule has 3 nitrogen and oxygen atoms in total. The van der Waals surface area contributed by atoms with Crippen molar-refractivity contribution < 1.29 is 23.1 Å². The predicted octanol–water partition coefficient (Wildman–Crippen LogP) is 4.01. The molecule has 0 unspecified atom stereocenters. The summed E-state index contributed by atoms with van der Waals surface area (Å²) < 4.78 is 38.8. The van der Waals surface area contributed by atoms with Crippen LogP contribution in [0.3, 0.4) is 0 Å². The van der Waals surface area contributed by atoms with Crippen molar-refractivity contribution in [2.45, 2.75) is 18.6 Å². The zero-order chi connectivity index (χ0) is 18.0. The second kappa shape index (κ2) is 6.88. The molecule has 1 fully saturated rings. The Bertz CT molecular complexity index is 746. The molecule has 132 valence electrons. The lowest BCUT2D eigenvalue weighted by Gasteiger charge is -2.17. The fourth-order valence-corrected chi connectivity index (χ4v) is 3.39. The SMILES string of the molecule is O=C(O)[C@H]1CN(Cc2ccccc2)C[C@@H]1c1cccc(C(F)(F)F)c1. The third-order valence-corrected chi connectivity index (χ3v) is 4.60. The highest BCUT2D eigenvalue weighted by atomic mass is 19.4. The molecule has 1 aliphatic heterocycles. The lowest BCUT2D eigenvalue weighted by Crippen LogP contribution is -2.23. The molecule has 1 saturated heterocycles. The normalized spacial score (nSPS) is 21.4. The number of aliphatic carboxylic acids is 1. The van der Waals surface area contributed by atoms with E-state index in [1.165, 1.54) is 6.07 Å². The van der Waals surface area contributed by atoms with Crippen LogP contribution in [0.2, 0.25) is 0 Å². The van der Waals surface area contributed by atoms with Crippen LogP contribution in [0.1, 0.15) is 22.6 Å². The Morgan fingerprint density at radius 2 is 1.80 bits per heavy atom. The highest BCUT2D eigenvalue weighted by molar-refractivity contribution is 5.72. The summed E-state index contributed by atoms with van der Waals surface area (Å²) in [5, 5.41) is 9.51. The molecule has 0 bridgehead atoms. The largest absolute Gasteiger partial charge is 0.481 e. The van der Waals surface area contributed by atoms with Gasteiger partial charge in [-0.15, -0.1) is 0 Å². The second-order valence-corrected chi connectivity index (χ2v) is 6.35. The van der Waals surface area contributed by atoms with E-state index in [4.69, 9.17) is 0 Å². The fourth-order valence-electron chi connectivity index (χ4n) is 3.39. The number of halogens is 3. The van der Waals surface area contributed by atoms with Gasteiger partial charge in [0.05, 0.1) is 11.5 Å². The van der Waals surface area contributed by atoms with Gasteiger partial charge in [-0.05, 0) is 17.2 Å². The number of carboxylic acid groups (broad SMARTS) is 1. The van der Waals surface area contributed by atoms with E-state index in [0.717, 1.165) is 17.7 Å². The zero-order valence-electron chi connectivity index (χ0n) is 13.4. The Hall–Kier alpha value is -2.34. The fraction of sp³-hybridized carbons (Fsp3) is 0.316. The number of benzene rings is 2. The molecule has 0 amide bonds. The third-order valence-electron chi connectivity index (χ3n) is 4.60. The van der Waals surface area contributed by atoms with E-state index in [2.05, 4.69) is 0 Å². The van der Waals surface area contributed by atoms with Gasteiger partial charge in [0, 0.05) is 25.6 Å². The molecule has 1 aliphatic rings. The first-order valence-corrected chi connectivity index (χ1v) is 8.01. The molecule has 6 heteroatoms. The van der Waals surface area contributed by atoms with Gasteiger partial charge in [-0.1, -0.05) is 48.5 Å². The molecule has 0 aromatic heterocycles. The maximum Gasteiger partial charge on any atom is 0.416 e. The first kappa shape index (κ1) is 17.5. The summed E-state index contributed by atoms with van der Waals surface area (Å²) in [5.41, 5.74) is 0.741. The molecule has 0 radical (unpaired) electrons. The molecule has 1 N–H and O–H groups in total. The van der Waals surface area contributed by atoms with Crippen LogP contribution >= 0.6 is 0 Å². The number of nitrogens with zero attached hydrogens (tertiary/aromatic N) is 1. The van der Waals surface area contributed by atoms with Gasteiger partial charge in [-0.2, -0.15) is 13.2 Å². The van der Waals surface area contributed by atoms with E-state index < -0.39 is 29.5 Å². The van der Waals surface area contributed by atoms with Crippen LogP contribution in [-0.2, 0) is 17.5 Å². The lowest BCUT2D eigenvalue weighted by atomic mass is 9.88. The van der Waals surface area contributed by atoms with Crippen molar-refractivity contribution in [3.8, 4) is 0 Å². The Labute approximate surface area is 143 Å². The van der Waals surface area contributed by atoms with Crippen LogP contribution in [0.15, 0.2) is 54.6 Å². The first-order valence-electron chi connectivity index (χ1n) is 8.01. The van der Waals surface area contributed by atoms with Crippen LogP contribution in [-0.4, -0.2) is 29.1 Å². The average molecular weight is 349 g/mol. The van der Waals surface area contributed by atoms with Gasteiger partial charge >= 0.3 is 12.1 Å². The van der Waals surface area contributed by atoms with Crippen molar-refractivity contribution in [3.05, 3.63) is 71.3 Å². The number of carboxylic acids is 1. The van der Waals surface area contributed by atoms with Crippen molar-refractivity contribution in [3.63, 3.8) is 0 Å². The molecule has 0 spiro atoms. The minimum absolute atomic E-state index is 0.325. The van der Waals surface area contributed by atoms with Crippen LogP contribution in [0.4, 0.5) is 13.2 Å². The number of likely N-dealkylation sites (tertiary alicyclic amines) is 1. The Morgan fingerprint density at radius 1 is 1.08 bits per heavy atom. The molecular formula is C19H18F3NO2. The molecule has 2 aromatic carbocycles. The van der Waals surface area contributed by atoms with Gasteiger partial charge in [0.2, 0.25) is 0 Å². The number of alkyl halides is 3. The molecule has 25 heavy (non-hydrogen) atoms. The molecular weight excluding hydrogens is 331 g/mol. The highest BCUT2D eigenvalue weighted by Crippen LogP contribution is 2.37. The van der Waals surface area contributed by atoms with Crippen LogP contribution in [0, 0.1) is 5.92 Å². The first-order chi connectivity index (χ1) is 11.8. The van der Waals surface area contributed by atoms with Crippen LogP contribution < -0.4 is 0 Å². The topological polar surface area (TPSA) is 40.5 Å². The van der Waals surface area contributed by atoms with Gasteiger partial charge in [0.1, 0.15) is 0 Å². The molecule has 0 aliphatic carbocycles. The monoisotopic (exact) mass is 349 g/mol. The van der Waals surface area contributed by atoms with Gasteiger partial charge < -0.3 is 5.11 Å². The minimum Gasteiger partial charge on any atom is -0.481 e. The molecule has 2 aromatic rings. The summed E-state index contributed by atoms with van der Waals surface area (Å²) in [6.07, 6.45) is -4.43. The number of carbonyl (C=O) groups is 1. The Kier molecular flexibility index (Phi) is 4.81. The maximum absolute atomic E-state index is 12.9. The third kappa shape index (κ3) is 4.02. The van der Waals surface area contributed by atoms with E-state index in [0.29, 0.717) is 25.2 Å². The van der Waals surface area contributed by atoms with Crippen molar-refractivity contribution in [2.24, 2.45) is 5.92 Å². The maximum atomic E-state index is 12.9. The van der Waals surface area contributed by atoms with Crippen LogP contribution in [0.25, 0.3) is 0 Å². The molecule has 2 atom stereocenters. The smallest absolute Gasteiger partial charge is 0.416 e. The van der Waals surface area contributed by atoms with E-state index in [1.807, 2.05) is 35.2 Å². The van der Waals surface area contributed by atoms with E-state index in [-0.39, 0.29) is 0 Å². The van der Waals surface area contributed by atoms with Gasteiger partial charge in [-0.25, -0.2) is 0 Å². The van der Waals surface area contributed by atoms with Gasteiger partial charge in [0.15, 0.2) is 0 Å². The van der Waals surface area contributed by atoms with Crippen molar-refractivity contribution in [1.29, 1.82) is 0 Å². The highest BCUT2D eigenvalue weighted by Gasteiger charge is 2.39. The van der Waals surface area contributed by atoms with E-state index >= 15 is 0 Å². The van der Waals surface area contributed by atoms with Gasteiger partial charge in [-0.3, -0.25) is 9.69 Å². The molecule has 3 rings (SSSR count). The molecule has 0 saturated carbocycles. The number of hydrogen-bond acceptors (Lipinski definition) is 2. The zero-order valence-corrected chi connectivity index (χ0v) is 13.4. The number of hydrogen-bond donors (Lipinski definition) is 1. The van der Waals surface area contributed by atoms with Crippen molar-refractivity contribution in [2.75, 3.05) is 13.1 Å². The Balaban J connectivity index is 1.83. The summed E-state index contributed by atoms with van der Waals surface area (Å²) in [7, 11) is 0. The standard InChI is InChI=1S/C19H18F3NO2/c20-19(21,22)15-8-4-7-14(9-15)16-11-23(12-17(16)18(24)25)10-13-5-2-1-3-6-13/h1-9,16-17H,10-12H2,(H,24,25)/t16-,17+/m1/s1. The van der Waals surface area contributed by atoms with Crippen molar-refractivity contribution >= 4 is 5.97 Å². The average Bonchev–Trinajstić information content (AvgIpc) is 2.99. The van der Waals surface area contributed by atoms with Gasteiger partial charge in [0.25, 0.3) is 0 Å². The summed E-state index contributed by atoms with van der Waals surface area (Å²) in [6.45, 7) is 1.33. The predicted molar refractivity (Wildman–Crippen MR) is 87.0 cm³/mol. The minimum atomic E-state index is -4.43. The number of rotatable bonds is 4. The van der Waals surface area contributed by atoms with E-state index in [1.54, 1.807) is 6.07 Å². The lowest BCUT2D eigenvalue weighted by molar-refractivity contribution is -0.141. The Morgan fingerprint density at radius 3 is 2.44 bits per heavy atom. The second-order valence-electron chi connectivity index (χ2n) is 6.35. The molecule has 1 heterocycles. The van der Waals surface area contributed by atoms with Crippen LogP contribution in [0.5, 0.6) is 0 Å². The summed E-state index contributed by atoms with van der Waals surface area (Å²) in [6, 6.07) is 14.6. The summed E-state index contributed by atoms with van der Waals surface area (Å²) in [5.74, 6) is -2.14. The summed E-state index contributed by atoms with van der Waals surface area (Å²) in [4.78, 5) is 13.6. The summed E-state index contributed by atoms with van der Waals surface area (Å²) >= 11 is 0.